The smallest absolute Gasteiger partial charge is 0.331 e. The molecule has 0 aliphatic carbocycles. The predicted molar refractivity (Wildman–Crippen MR) is 145 cm³/mol. The van der Waals surface area contributed by atoms with Crippen molar-refractivity contribution in [1.82, 2.24) is 15.1 Å². The molecule has 0 unspecified atom stereocenters. The number of urea groups is 1. The number of benzene rings is 2. The molecular formula is C29H35FN4O6. The summed E-state index contributed by atoms with van der Waals surface area (Å²) < 4.78 is 19.7. The van der Waals surface area contributed by atoms with Gasteiger partial charge in [-0.05, 0) is 62.1 Å². The van der Waals surface area contributed by atoms with E-state index < -0.39 is 29.3 Å². The maximum Gasteiger partial charge on any atom is 0.331 e. The number of amides is 5. The molecule has 40 heavy (non-hydrogen) atoms. The van der Waals surface area contributed by atoms with Crippen molar-refractivity contribution in [2.45, 2.75) is 45.2 Å². The minimum atomic E-state index is -1.16. The first kappa shape index (κ1) is 29.0. The van der Waals surface area contributed by atoms with E-state index in [1.54, 1.807) is 56.0 Å². The predicted octanol–water partition coefficient (Wildman–Crippen LogP) is 2.72. The maximum atomic E-state index is 14.3. The second-order valence-corrected chi connectivity index (χ2v) is 10.6. The lowest BCUT2D eigenvalue weighted by molar-refractivity contribution is -0.139. The lowest BCUT2D eigenvalue weighted by Gasteiger charge is -2.43. The molecule has 1 atom stereocenters. The standard InChI is InChI=1S/C29H35FN4O6/c1-18(2)24(31-25(36)22-17-19(3)5-10-23(22)30)26(37)33-13-11-29(12-14-33)27(38)32(4)28(39)34(29)20-6-8-21(9-7-20)40-16-15-35/h5-10,17-18,24,35H,11-16H2,1-4H3,(H,31,36)/t24-/m1/s1. The lowest BCUT2D eigenvalue weighted by atomic mass is 9.85. The van der Waals surface area contributed by atoms with Gasteiger partial charge in [0.1, 0.15) is 29.8 Å². The molecule has 2 fully saturated rings. The van der Waals surface area contributed by atoms with Gasteiger partial charge in [0, 0.05) is 25.8 Å². The summed E-state index contributed by atoms with van der Waals surface area (Å²) in [7, 11) is 1.44. The summed E-state index contributed by atoms with van der Waals surface area (Å²) in [5, 5.41) is 11.7. The highest BCUT2D eigenvalue weighted by atomic mass is 19.1. The topological polar surface area (TPSA) is 119 Å². The average Bonchev–Trinajstić information content (AvgIpc) is 3.12. The second-order valence-electron chi connectivity index (χ2n) is 10.6. The van der Waals surface area contributed by atoms with Gasteiger partial charge in [-0.1, -0.05) is 25.5 Å². The fourth-order valence-electron chi connectivity index (χ4n) is 5.32. The molecule has 4 rings (SSSR count). The summed E-state index contributed by atoms with van der Waals surface area (Å²) in [6.07, 6.45) is 0.420. The summed E-state index contributed by atoms with van der Waals surface area (Å²) in [6, 6.07) is 9.58. The molecule has 10 nitrogen and oxygen atoms in total. The summed E-state index contributed by atoms with van der Waals surface area (Å²) in [4.78, 5) is 57.2. The van der Waals surface area contributed by atoms with Crippen molar-refractivity contribution >= 4 is 29.4 Å². The van der Waals surface area contributed by atoms with E-state index in [9.17, 15) is 23.6 Å². The Morgan fingerprint density at radius 3 is 2.35 bits per heavy atom. The van der Waals surface area contributed by atoms with Crippen LogP contribution in [0.5, 0.6) is 5.75 Å². The molecule has 2 heterocycles. The van der Waals surface area contributed by atoms with E-state index in [-0.39, 0.29) is 62.4 Å². The number of hydrogen-bond donors (Lipinski definition) is 2. The zero-order valence-corrected chi connectivity index (χ0v) is 23.1. The van der Waals surface area contributed by atoms with Gasteiger partial charge >= 0.3 is 6.03 Å². The minimum Gasteiger partial charge on any atom is -0.491 e. The van der Waals surface area contributed by atoms with E-state index in [1.807, 2.05) is 0 Å². The number of ether oxygens (including phenoxy) is 1. The van der Waals surface area contributed by atoms with Crippen LogP contribution in [0.25, 0.3) is 0 Å². The highest BCUT2D eigenvalue weighted by Crippen LogP contribution is 2.40. The molecule has 5 amide bonds. The summed E-state index contributed by atoms with van der Waals surface area (Å²) in [6.45, 7) is 5.73. The third-order valence-electron chi connectivity index (χ3n) is 7.55. The molecule has 2 saturated heterocycles. The van der Waals surface area contributed by atoms with Gasteiger partial charge in [0.05, 0.1) is 12.2 Å². The molecule has 0 radical (unpaired) electrons. The molecule has 0 saturated carbocycles. The van der Waals surface area contributed by atoms with Crippen LogP contribution in [-0.4, -0.2) is 83.6 Å². The van der Waals surface area contributed by atoms with Crippen LogP contribution in [0.1, 0.15) is 42.6 Å². The van der Waals surface area contributed by atoms with Crippen molar-refractivity contribution in [2.24, 2.45) is 5.92 Å². The SMILES string of the molecule is Cc1ccc(F)c(C(=O)N[C@@H](C(=O)N2CCC3(CC2)C(=O)N(C)C(=O)N3c2ccc(OCCO)cc2)C(C)C)c1. The van der Waals surface area contributed by atoms with Gasteiger partial charge < -0.3 is 20.1 Å². The van der Waals surface area contributed by atoms with Crippen molar-refractivity contribution in [3.63, 3.8) is 0 Å². The number of carbonyl (C=O) groups excluding carboxylic acids is 4. The second kappa shape index (κ2) is 11.6. The van der Waals surface area contributed by atoms with Crippen LogP contribution >= 0.6 is 0 Å². The van der Waals surface area contributed by atoms with E-state index in [2.05, 4.69) is 5.32 Å². The van der Waals surface area contributed by atoms with Crippen LogP contribution < -0.4 is 15.0 Å². The quantitative estimate of drug-likeness (QED) is 0.485. The van der Waals surface area contributed by atoms with Gasteiger partial charge in [-0.2, -0.15) is 0 Å². The molecule has 0 aromatic heterocycles. The first-order valence-corrected chi connectivity index (χ1v) is 13.3. The number of piperidine rings is 1. The Hall–Kier alpha value is -3.99. The molecule has 2 aliphatic heterocycles. The Bertz CT molecular complexity index is 1290. The zero-order valence-electron chi connectivity index (χ0n) is 23.1. The Labute approximate surface area is 232 Å². The van der Waals surface area contributed by atoms with Crippen LogP contribution in [-0.2, 0) is 9.59 Å². The van der Waals surface area contributed by atoms with Crippen molar-refractivity contribution in [3.8, 4) is 5.75 Å². The van der Waals surface area contributed by atoms with E-state index in [4.69, 9.17) is 9.84 Å². The highest BCUT2D eigenvalue weighted by molar-refractivity contribution is 6.16. The van der Waals surface area contributed by atoms with Crippen LogP contribution in [0, 0.1) is 18.7 Å². The number of hydrogen-bond acceptors (Lipinski definition) is 6. The van der Waals surface area contributed by atoms with E-state index in [0.29, 0.717) is 11.4 Å². The maximum absolute atomic E-state index is 14.3. The number of carbonyl (C=O) groups is 4. The largest absolute Gasteiger partial charge is 0.491 e. The highest BCUT2D eigenvalue weighted by Gasteiger charge is 2.58. The number of aryl methyl sites for hydroxylation is 1. The molecule has 214 valence electrons. The first-order valence-electron chi connectivity index (χ1n) is 13.3. The Morgan fingerprint density at radius 2 is 1.75 bits per heavy atom. The zero-order chi connectivity index (χ0) is 29.2. The third-order valence-corrected chi connectivity index (χ3v) is 7.55. The van der Waals surface area contributed by atoms with Crippen molar-refractivity contribution < 1.29 is 33.4 Å². The van der Waals surface area contributed by atoms with Gasteiger partial charge in [0.2, 0.25) is 5.91 Å². The summed E-state index contributed by atoms with van der Waals surface area (Å²) in [5.74, 6) is -1.76. The number of anilines is 1. The van der Waals surface area contributed by atoms with Gasteiger partial charge in [-0.3, -0.25) is 24.2 Å². The number of aliphatic hydroxyl groups is 1. The third kappa shape index (κ3) is 5.38. The van der Waals surface area contributed by atoms with Crippen molar-refractivity contribution in [2.75, 3.05) is 38.3 Å². The van der Waals surface area contributed by atoms with Gasteiger partial charge in [-0.25, -0.2) is 9.18 Å². The Balaban J connectivity index is 1.51. The number of nitrogens with one attached hydrogen (secondary N) is 1. The fourth-order valence-corrected chi connectivity index (χ4v) is 5.32. The normalized spacial score (nSPS) is 17.5. The number of nitrogens with zero attached hydrogens (tertiary/aromatic N) is 3. The number of rotatable bonds is 8. The van der Waals surface area contributed by atoms with E-state index in [0.717, 1.165) is 10.5 Å². The minimum absolute atomic E-state index is 0.127. The monoisotopic (exact) mass is 554 g/mol. The van der Waals surface area contributed by atoms with Crippen LogP contribution in [0.3, 0.4) is 0 Å². The van der Waals surface area contributed by atoms with Crippen molar-refractivity contribution in [1.29, 1.82) is 0 Å². The van der Waals surface area contributed by atoms with Gasteiger partial charge in [0.25, 0.3) is 11.8 Å². The Morgan fingerprint density at radius 1 is 1.10 bits per heavy atom. The molecule has 2 aromatic rings. The Kier molecular flexibility index (Phi) is 8.43. The number of aliphatic hydroxyl groups excluding tert-OH is 1. The fraction of sp³-hybridized carbons (Fsp3) is 0.448. The van der Waals surface area contributed by atoms with Crippen LogP contribution in [0.15, 0.2) is 42.5 Å². The number of imide groups is 1. The average molecular weight is 555 g/mol. The van der Waals surface area contributed by atoms with Gasteiger partial charge in [-0.15, -0.1) is 0 Å². The first-order chi connectivity index (χ1) is 19.0. The van der Waals surface area contributed by atoms with E-state index in [1.165, 1.54) is 24.1 Å². The van der Waals surface area contributed by atoms with Crippen molar-refractivity contribution in [3.05, 3.63) is 59.4 Å². The number of likely N-dealkylation sites (N-methyl/N-ethyl adjacent to an activating group) is 1. The lowest BCUT2D eigenvalue weighted by Crippen LogP contribution is -2.60. The molecule has 2 aromatic carbocycles. The van der Waals surface area contributed by atoms with Crippen LogP contribution in [0.2, 0.25) is 0 Å². The number of likely N-dealkylation sites (tertiary alicyclic amines) is 1. The summed E-state index contributed by atoms with van der Waals surface area (Å²) in [5.41, 5.74) is -0.0426. The molecule has 2 aliphatic rings. The molecular weight excluding hydrogens is 519 g/mol. The molecule has 11 heteroatoms. The number of halogens is 1. The molecule has 2 N–H and O–H groups in total. The van der Waals surface area contributed by atoms with Crippen LogP contribution in [0.4, 0.5) is 14.9 Å². The molecule has 0 bridgehead atoms. The summed E-state index contributed by atoms with van der Waals surface area (Å²) >= 11 is 0. The molecule has 1 spiro atoms. The van der Waals surface area contributed by atoms with E-state index >= 15 is 0 Å². The van der Waals surface area contributed by atoms with Gasteiger partial charge in [0.15, 0.2) is 0 Å².